The van der Waals surface area contributed by atoms with E-state index < -0.39 is 0 Å². The van der Waals surface area contributed by atoms with Crippen LogP contribution in [0.5, 0.6) is 0 Å². The van der Waals surface area contributed by atoms with E-state index >= 15 is 0 Å². The zero-order chi connectivity index (χ0) is 15.8. The SMILES string of the molecule is O=C1N[C@@H]2COC[C@H]1CN(Cc1ccc3cc(Cl)ccc3n1)C2. The molecule has 23 heavy (non-hydrogen) atoms. The van der Waals surface area contributed by atoms with Crippen LogP contribution in [0.2, 0.25) is 5.02 Å². The van der Waals surface area contributed by atoms with E-state index in [1.807, 2.05) is 24.3 Å². The molecule has 1 N–H and O–H groups in total. The Bertz CT molecular complexity index is 752. The van der Waals surface area contributed by atoms with Gasteiger partial charge >= 0.3 is 0 Å². The molecule has 0 radical (unpaired) electrons. The molecule has 1 amide bonds. The average molecular weight is 332 g/mol. The predicted molar refractivity (Wildman–Crippen MR) is 88.3 cm³/mol. The molecule has 2 aromatic rings. The van der Waals surface area contributed by atoms with Gasteiger partial charge in [0.25, 0.3) is 0 Å². The fraction of sp³-hybridized carbons (Fsp3) is 0.412. The third-order valence-electron chi connectivity index (χ3n) is 4.41. The maximum absolute atomic E-state index is 12.1. The summed E-state index contributed by atoms with van der Waals surface area (Å²) in [6.45, 7) is 3.33. The minimum Gasteiger partial charge on any atom is -0.378 e. The molecule has 1 aromatic carbocycles. The van der Waals surface area contributed by atoms with Gasteiger partial charge in [0.05, 0.1) is 36.4 Å². The normalized spacial score (nSPS) is 25.2. The summed E-state index contributed by atoms with van der Waals surface area (Å²) in [4.78, 5) is 19.1. The van der Waals surface area contributed by atoms with Crippen LogP contribution in [0.15, 0.2) is 30.3 Å². The quantitative estimate of drug-likeness (QED) is 0.912. The number of fused-ring (bicyclic) bond motifs is 4. The highest BCUT2D eigenvalue weighted by molar-refractivity contribution is 6.31. The Morgan fingerprint density at radius 2 is 2.17 bits per heavy atom. The number of nitrogens with zero attached hydrogens (tertiary/aromatic N) is 2. The van der Waals surface area contributed by atoms with E-state index in [-0.39, 0.29) is 17.9 Å². The number of amides is 1. The van der Waals surface area contributed by atoms with Crippen molar-refractivity contribution >= 4 is 28.4 Å². The molecule has 0 aliphatic carbocycles. The van der Waals surface area contributed by atoms with Gasteiger partial charge in [0.2, 0.25) is 5.91 Å². The van der Waals surface area contributed by atoms with Gasteiger partial charge in [0.1, 0.15) is 0 Å². The number of halogens is 1. The Balaban J connectivity index is 1.55. The highest BCUT2D eigenvalue weighted by atomic mass is 35.5. The number of carbonyl (C=O) groups excluding carboxylic acids is 1. The highest BCUT2D eigenvalue weighted by Gasteiger charge is 2.33. The van der Waals surface area contributed by atoms with Crippen molar-refractivity contribution in [1.29, 1.82) is 0 Å². The van der Waals surface area contributed by atoms with Crippen molar-refractivity contribution in [2.75, 3.05) is 26.3 Å². The summed E-state index contributed by atoms with van der Waals surface area (Å²) in [5.41, 5.74) is 1.95. The van der Waals surface area contributed by atoms with Gasteiger partial charge in [-0.25, -0.2) is 0 Å². The second-order valence-electron chi connectivity index (χ2n) is 6.27. The number of pyridine rings is 1. The van der Waals surface area contributed by atoms with E-state index in [0.29, 0.717) is 19.8 Å². The third-order valence-corrected chi connectivity index (χ3v) is 4.64. The van der Waals surface area contributed by atoms with Crippen LogP contribution in [0.4, 0.5) is 0 Å². The smallest absolute Gasteiger partial charge is 0.227 e. The van der Waals surface area contributed by atoms with Gasteiger partial charge in [-0.1, -0.05) is 17.7 Å². The molecular weight excluding hydrogens is 314 g/mol. The Hall–Kier alpha value is -1.69. The largest absolute Gasteiger partial charge is 0.378 e. The number of carbonyl (C=O) groups is 1. The summed E-state index contributed by atoms with van der Waals surface area (Å²) in [6.07, 6.45) is 0. The summed E-state index contributed by atoms with van der Waals surface area (Å²) in [5.74, 6) is 0.0119. The number of benzene rings is 1. The van der Waals surface area contributed by atoms with Crippen LogP contribution in [-0.4, -0.2) is 48.1 Å². The molecule has 120 valence electrons. The van der Waals surface area contributed by atoms with Crippen molar-refractivity contribution in [3.05, 3.63) is 41.0 Å². The Kier molecular flexibility index (Phi) is 3.93. The zero-order valence-electron chi connectivity index (χ0n) is 12.7. The number of hydrogen-bond acceptors (Lipinski definition) is 4. The first-order valence-corrected chi connectivity index (χ1v) is 8.21. The van der Waals surface area contributed by atoms with Gasteiger partial charge in [-0.2, -0.15) is 0 Å². The average Bonchev–Trinajstić information content (AvgIpc) is 2.76. The fourth-order valence-electron chi connectivity index (χ4n) is 3.31. The van der Waals surface area contributed by atoms with E-state index in [1.54, 1.807) is 0 Å². The molecule has 2 fully saturated rings. The lowest BCUT2D eigenvalue weighted by Gasteiger charge is -2.27. The molecule has 2 aliphatic rings. The maximum Gasteiger partial charge on any atom is 0.227 e. The molecule has 6 heteroatoms. The Morgan fingerprint density at radius 3 is 3.09 bits per heavy atom. The van der Waals surface area contributed by atoms with Gasteiger partial charge in [0, 0.05) is 30.0 Å². The lowest BCUT2D eigenvalue weighted by Crippen LogP contribution is -2.41. The lowest BCUT2D eigenvalue weighted by atomic mass is 10.1. The molecule has 5 nitrogen and oxygen atoms in total. The van der Waals surface area contributed by atoms with E-state index in [4.69, 9.17) is 21.3 Å². The van der Waals surface area contributed by atoms with Crippen LogP contribution in [0, 0.1) is 5.92 Å². The standard InChI is InChI=1S/C17H18ClN3O2/c18-13-2-4-16-11(5-13)1-3-14(19-16)7-21-6-12-9-23-10-15(8-21)20-17(12)22/h1-5,12,15H,6-10H2,(H,20,22)/t12-,15+/m1/s1. The highest BCUT2D eigenvalue weighted by Crippen LogP contribution is 2.20. The fourth-order valence-corrected chi connectivity index (χ4v) is 3.49. The molecule has 3 heterocycles. The number of rotatable bonds is 2. The van der Waals surface area contributed by atoms with E-state index in [0.717, 1.165) is 34.7 Å². The minimum atomic E-state index is -0.0956. The Labute approximate surface area is 139 Å². The van der Waals surface area contributed by atoms with Crippen molar-refractivity contribution < 1.29 is 9.53 Å². The van der Waals surface area contributed by atoms with Gasteiger partial charge in [0.15, 0.2) is 0 Å². The molecule has 0 saturated carbocycles. The van der Waals surface area contributed by atoms with Crippen LogP contribution in [0.3, 0.4) is 0 Å². The molecule has 1 aromatic heterocycles. The molecule has 2 atom stereocenters. The molecule has 0 spiro atoms. The number of ether oxygens (including phenoxy) is 1. The van der Waals surface area contributed by atoms with Gasteiger partial charge in [-0.15, -0.1) is 0 Å². The van der Waals surface area contributed by atoms with Gasteiger partial charge < -0.3 is 10.1 Å². The van der Waals surface area contributed by atoms with E-state index in [1.165, 1.54) is 0 Å². The Morgan fingerprint density at radius 1 is 1.26 bits per heavy atom. The summed E-state index contributed by atoms with van der Waals surface area (Å²) in [5, 5.41) is 4.81. The van der Waals surface area contributed by atoms with Crippen molar-refractivity contribution in [3.8, 4) is 0 Å². The first-order valence-electron chi connectivity index (χ1n) is 7.83. The summed E-state index contributed by atoms with van der Waals surface area (Å²) in [6, 6.07) is 9.87. The van der Waals surface area contributed by atoms with Crippen LogP contribution in [0.1, 0.15) is 5.69 Å². The summed E-state index contributed by atoms with van der Waals surface area (Å²) >= 11 is 6.01. The molecule has 0 unspecified atom stereocenters. The third kappa shape index (κ3) is 3.17. The van der Waals surface area contributed by atoms with Crippen molar-refractivity contribution in [2.45, 2.75) is 12.6 Å². The number of hydrogen-bond donors (Lipinski definition) is 1. The van der Waals surface area contributed by atoms with Crippen molar-refractivity contribution in [1.82, 2.24) is 15.2 Å². The van der Waals surface area contributed by atoms with Gasteiger partial charge in [-0.3, -0.25) is 14.7 Å². The van der Waals surface area contributed by atoms with Crippen LogP contribution >= 0.6 is 11.6 Å². The summed E-state index contributed by atoms with van der Waals surface area (Å²) < 4.78 is 5.56. The topological polar surface area (TPSA) is 54.5 Å². The minimum absolute atomic E-state index is 0.0641. The first kappa shape index (κ1) is 14.9. The van der Waals surface area contributed by atoms with Crippen LogP contribution < -0.4 is 5.32 Å². The second-order valence-corrected chi connectivity index (χ2v) is 6.71. The molecule has 2 saturated heterocycles. The first-order chi connectivity index (χ1) is 11.2. The van der Waals surface area contributed by atoms with Crippen LogP contribution in [0.25, 0.3) is 10.9 Å². The monoisotopic (exact) mass is 331 g/mol. The second kappa shape index (κ2) is 6.07. The summed E-state index contributed by atoms with van der Waals surface area (Å²) in [7, 11) is 0. The van der Waals surface area contributed by atoms with Crippen molar-refractivity contribution in [2.24, 2.45) is 5.92 Å². The molecular formula is C17H18ClN3O2. The predicted octanol–water partition coefficient (Wildman–Crippen LogP) is 1.83. The molecule has 2 aliphatic heterocycles. The molecule has 4 rings (SSSR count). The van der Waals surface area contributed by atoms with Crippen molar-refractivity contribution in [3.63, 3.8) is 0 Å². The molecule has 2 bridgehead atoms. The maximum atomic E-state index is 12.1. The van der Waals surface area contributed by atoms with E-state index in [2.05, 4.69) is 16.3 Å². The van der Waals surface area contributed by atoms with Crippen LogP contribution in [-0.2, 0) is 16.1 Å². The van der Waals surface area contributed by atoms with Gasteiger partial charge in [-0.05, 0) is 24.3 Å². The van der Waals surface area contributed by atoms with E-state index in [9.17, 15) is 4.79 Å². The lowest BCUT2D eigenvalue weighted by molar-refractivity contribution is -0.125. The zero-order valence-corrected chi connectivity index (χ0v) is 13.4. The number of nitrogens with one attached hydrogen (secondary N) is 1. The number of aromatic nitrogens is 1.